The van der Waals surface area contributed by atoms with Crippen molar-refractivity contribution in [1.82, 2.24) is 14.6 Å². The first-order chi connectivity index (χ1) is 10.0. The number of sulfonamides is 1. The van der Waals surface area contributed by atoms with Crippen LogP contribution < -0.4 is 10.0 Å². The number of pyridine rings is 1. The van der Waals surface area contributed by atoms with Gasteiger partial charge >= 0.3 is 0 Å². The van der Waals surface area contributed by atoms with Crippen molar-refractivity contribution in [1.29, 1.82) is 0 Å². The van der Waals surface area contributed by atoms with E-state index < -0.39 is 10.0 Å². The van der Waals surface area contributed by atoms with Crippen LogP contribution in [0, 0.1) is 0 Å². The molecule has 0 aliphatic carbocycles. The molecule has 0 radical (unpaired) electrons. The normalized spacial score (nSPS) is 11.8. The van der Waals surface area contributed by atoms with E-state index in [1.165, 1.54) is 6.20 Å². The highest BCUT2D eigenvalue weighted by atomic mass is 32.2. The summed E-state index contributed by atoms with van der Waals surface area (Å²) >= 11 is 0. The minimum Gasteiger partial charge on any atom is -0.384 e. The van der Waals surface area contributed by atoms with E-state index in [9.17, 15) is 8.42 Å². The van der Waals surface area contributed by atoms with E-state index in [0.29, 0.717) is 12.2 Å². The molecule has 2 N–H and O–H groups in total. The maximum Gasteiger partial charge on any atom is 0.242 e. The molecule has 1 rings (SSSR count). The van der Waals surface area contributed by atoms with Gasteiger partial charge in [0.25, 0.3) is 0 Å². The van der Waals surface area contributed by atoms with Crippen molar-refractivity contribution < 1.29 is 8.42 Å². The summed E-state index contributed by atoms with van der Waals surface area (Å²) in [6, 6.07) is 1.60. The third kappa shape index (κ3) is 5.99. The molecule has 0 saturated heterocycles. The molecule has 1 aromatic heterocycles. The minimum absolute atomic E-state index is 0.198. The van der Waals surface area contributed by atoms with Gasteiger partial charge < -0.3 is 10.2 Å². The lowest BCUT2D eigenvalue weighted by molar-refractivity contribution is 0.300. The number of hydrogen-bond donors (Lipinski definition) is 2. The topological polar surface area (TPSA) is 74.3 Å². The smallest absolute Gasteiger partial charge is 0.242 e. The van der Waals surface area contributed by atoms with Crippen molar-refractivity contribution in [3.05, 3.63) is 18.5 Å². The molecule has 6 nitrogen and oxygen atoms in total. The minimum atomic E-state index is -3.48. The van der Waals surface area contributed by atoms with Crippen LogP contribution in [0.5, 0.6) is 0 Å². The van der Waals surface area contributed by atoms with Crippen LogP contribution in [-0.4, -0.2) is 51.0 Å². The van der Waals surface area contributed by atoms with Crippen LogP contribution in [0.2, 0.25) is 0 Å². The van der Waals surface area contributed by atoms with E-state index >= 15 is 0 Å². The average Bonchev–Trinajstić information content (AvgIpc) is 2.48. The highest BCUT2D eigenvalue weighted by molar-refractivity contribution is 7.89. The highest BCUT2D eigenvalue weighted by Gasteiger charge is 2.14. The van der Waals surface area contributed by atoms with Gasteiger partial charge in [-0.25, -0.2) is 13.1 Å². The second-order valence-electron chi connectivity index (χ2n) is 4.72. The van der Waals surface area contributed by atoms with Gasteiger partial charge in [-0.05, 0) is 39.0 Å². The van der Waals surface area contributed by atoms with Gasteiger partial charge in [-0.2, -0.15) is 0 Å². The first kappa shape index (κ1) is 17.9. The summed E-state index contributed by atoms with van der Waals surface area (Å²) in [7, 11) is -3.48. The largest absolute Gasteiger partial charge is 0.384 e. The lowest BCUT2D eigenvalue weighted by atomic mass is 10.4. The van der Waals surface area contributed by atoms with Crippen molar-refractivity contribution >= 4 is 15.7 Å². The summed E-state index contributed by atoms with van der Waals surface area (Å²) in [5.41, 5.74) is 0.712. The molecule has 0 aromatic carbocycles. The molecule has 0 bridgehead atoms. The van der Waals surface area contributed by atoms with Gasteiger partial charge in [0, 0.05) is 19.3 Å². The number of nitrogens with zero attached hydrogens (tertiary/aromatic N) is 2. The molecule has 0 unspecified atom stereocenters. The van der Waals surface area contributed by atoms with Gasteiger partial charge in [0.1, 0.15) is 4.90 Å². The fourth-order valence-corrected chi connectivity index (χ4v) is 3.06. The van der Waals surface area contributed by atoms with Gasteiger partial charge in [0.2, 0.25) is 10.0 Å². The van der Waals surface area contributed by atoms with Crippen LogP contribution in [0.3, 0.4) is 0 Å². The predicted molar refractivity (Wildman–Crippen MR) is 86.0 cm³/mol. The number of anilines is 1. The Labute approximate surface area is 128 Å². The summed E-state index contributed by atoms with van der Waals surface area (Å²) in [5, 5.41) is 3.06. The molecule has 0 atom stereocenters. The van der Waals surface area contributed by atoms with Crippen molar-refractivity contribution in [2.75, 3.05) is 38.0 Å². The van der Waals surface area contributed by atoms with Crippen LogP contribution in [0.25, 0.3) is 0 Å². The zero-order valence-corrected chi connectivity index (χ0v) is 13.9. The van der Waals surface area contributed by atoms with Crippen LogP contribution in [0.4, 0.5) is 5.69 Å². The summed E-state index contributed by atoms with van der Waals surface area (Å²) in [5.74, 6) is 0. The molecule has 21 heavy (non-hydrogen) atoms. The molecule has 120 valence electrons. The molecule has 0 spiro atoms. The van der Waals surface area contributed by atoms with E-state index in [1.807, 2.05) is 6.92 Å². The maximum absolute atomic E-state index is 12.2. The molecule has 0 aliphatic rings. The predicted octanol–water partition coefficient (Wildman–Crippen LogP) is 1.52. The standard InChI is InChI=1S/C14H26N4O2S/c1-4-16-13-10-14(12-15-11-13)21(19,20)17-8-7-9-18(5-2)6-3/h10-12,16-17H,4-9H2,1-3H3. The van der Waals surface area contributed by atoms with E-state index in [-0.39, 0.29) is 4.90 Å². The van der Waals surface area contributed by atoms with Crippen LogP contribution in [0.1, 0.15) is 27.2 Å². The number of rotatable bonds is 10. The molecule has 0 aliphatic heterocycles. The quantitative estimate of drug-likeness (QED) is 0.641. The summed E-state index contributed by atoms with van der Waals surface area (Å²) in [6.07, 6.45) is 3.78. The molecule has 0 amide bonds. The third-order valence-corrected chi connectivity index (χ3v) is 4.67. The molecule has 1 heterocycles. The average molecular weight is 314 g/mol. The van der Waals surface area contributed by atoms with Crippen LogP contribution >= 0.6 is 0 Å². The zero-order chi connectivity index (χ0) is 15.7. The van der Waals surface area contributed by atoms with Crippen molar-refractivity contribution in [2.24, 2.45) is 0 Å². The van der Waals surface area contributed by atoms with Gasteiger partial charge in [0.15, 0.2) is 0 Å². The maximum atomic E-state index is 12.2. The summed E-state index contributed by atoms with van der Waals surface area (Å²) in [4.78, 5) is 6.43. The Kier molecular flexibility index (Phi) is 7.63. The Hall–Kier alpha value is -1.18. The first-order valence-electron chi connectivity index (χ1n) is 7.44. The van der Waals surface area contributed by atoms with Crippen molar-refractivity contribution in [3.63, 3.8) is 0 Å². The van der Waals surface area contributed by atoms with Gasteiger partial charge in [0.05, 0.1) is 11.9 Å². The molecular weight excluding hydrogens is 288 g/mol. The fraction of sp³-hybridized carbons (Fsp3) is 0.643. The Balaban J connectivity index is 2.55. The molecular formula is C14H26N4O2S. The van der Waals surface area contributed by atoms with Crippen LogP contribution in [0.15, 0.2) is 23.4 Å². The van der Waals surface area contributed by atoms with Crippen molar-refractivity contribution in [2.45, 2.75) is 32.1 Å². The zero-order valence-electron chi connectivity index (χ0n) is 13.1. The van der Waals surface area contributed by atoms with E-state index in [2.05, 4.69) is 33.8 Å². The Bertz CT molecular complexity index is 515. The molecule has 0 saturated carbocycles. The Morgan fingerprint density at radius 2 is 1.90 bits per heavy atom. The number of nitrogens with one attached hydrogen (secondary N) is 2. The Morgan fingerprint density at radius 3 is 2.52 bits per heavy atom. The van der Waals surface area contributed by atoms with E-state index in [1.54, 1.807) is 12.3 Å². The third-order valence-electron chi connectivity index (χ3n) is 3.24. The molecule has 1 aromatic rings. The van der Waals surface area contributed by atoms with Gasteiger partial charge in [-0.1, -0.05) is 13.8 Å². The van der Waals surface area contributed by atoms with Crippen molar-refractivity contribution in [3.8, 4) is 0 Å². The molecule has 7 heteroatoms. The summed E-state index contributed by atoms with van der Waals surface area (Å²) in [6.45, 7) is 10.2. The summed E-state index contributed by atoms with van der Waals surface area (Å²) < 4.78 is 27.0. The van der Waals surface area contributed by atoms with Crippen LogP contribution in [-0.2, 0) is 10.0 Å². The highest BCUT2D eigenvalue weighted by Crippen LogP contribution is 2.13. The number of hydrogen-bond acceptors (Lipinski definition) is 5. The first-order valence-corrected chi connectivity index (χ1v) is 8.92. The molecule has 0 fully saturated rings. The number of aromatic nitrogens is 1. The Morgan fingerprint density at radius 1 is 1.19 bits per heavy atom. The fourth-order valence-electron chi connectivity index (χ4n) is 2.00. The SMILES string of the molecule is CCNc1cncc(S(=O)(=O)NCCCN(CC)CC)c1. The lowest BCUT2D eigenvalue weighted by Gasteiger charge is -2.17. The lowest BCUT2D eigenvalue weighted by Crippen LogP contribution is -2.30. The second-order valence-corrected chi connectivity index (χ2v) is 6.48. The van der Waals surface area contributed by atoms with Gasteiger partial charge in [-0.15, -0.1) is 0 Å². The second kappa shape index (κ2) is 8.96. The van der Waals surface area contributed by atoms with E-state index in [0.717, 1.165) is 32.6 Å². The monoisotopic (exact) mass is 314 g/mol. The van der Waals surface area contributed by atoms with E-state index in [4.69, 9.17) is 0 Å². The van der Waals surface area contributed by atoms with Gasteiger partial charge in [-0.3, -0.25) is 4.98 Å².